The second kappa shape index (κ2) is 9.33. The van der Waals surface area contributed by atoms with Gasteiger partial charge < -0.3 is 5.32 Å². The average molecular weight is 471 g/mol. The summed E-state index contributed by atoms with van der Waals surface area (Å²) in [6, 6.07) is 18.1. The summed E-state index contributed by atoms with van der Waals surface area (Å²) in [5.41, 5.74) is 4.10. The van der Waals surface area contributed by atoms with Gasteiger partial charge in [-0.15, -0.1) is 0 Å². The first-order chi connectivity index (χ1) is 16.9. The van der Waals surface area contributed by atoms with E-state index in [1.54, 1.807) is 9.58 Å². The van der Waals surface area contributed by atoms with Gasteiger partial charge in [-0.3, -0.25) is 19.2 Å². The van der Waals surface area contributed by atoms with Crippen molar-refractivity contribution in [2.75, 3.05) is 4.90 Å². The third kappa shape index (κ3) is 4.26. The summed E-state index contributed by atoms with van der Waals surface area (Å²) in [6.45, 7) is 6.28. The van der Waals surface area contributed by atoms with Crippen molar-refractivity contribution >= 4 is 17.5 Å². The highest BCUT2D eigenvalue weighted by Gasteiger charge is 2.49. The monoisotopic (exact) mass is 470 g/mol. The molecular weight excluding hydrogens is 436 g/mol. The standard InChI is InChI=1S/C29H34N4O2/c1-4-21-14-16-22(17-15-21)24-18-26-27(34)33(25-13-9-8-10-20(25)2)29(3,19-32(26)31-24)28(35)30-23-11-6-5-7-12-23/h8-10,13-18,23H,4-7,11-12,19H2,1-3H3,(H,30,35)/t29-/m0/s1. The lowest BCUT2D eigenvalue weighted by atomic mass is 9.90. The fourth-order valence-electron chi connectivity index (χ4n) is 5.41. The van der Waals surface area contributed by atoms with Gasteiger partial charge in [0.15, 0.2) is 0 Å². The van der Waals surface area contributed by atoms with Crippen LogP contribution in [0.3, 0.4) is 0 Å². The maximum atomic E-state index is 14.0. The summed E-state index contributed by atoms with van der Waals surface area (Å²) in [5.74, 6) is -0.313. The van der Waals surface area contributed by atoms with Crippen LogP contribution in [-0.4, -0.2) is 33.2 Å². The van der Waals surface area contributed by atoms with Crippen molar-refractivity contribution < 1.29 is 9.59 Å². The molecule has 1 aliphatic carbocycles. The second-order valence-electron chi connectivity index (χ2n) is 10.1. The third-order valence-corrected chi connectivity index (χ3v) is 7.60. The van der Waals surface area contributed by atoms with E-state index >= 15 is 0 Å². The molecule has 3 aromatic rings. The Morgan fingerprint density at radius 3 is 2.49 bits per heavy atom. The summed E-state index contributed by atoms with van der Waals surface area (Å²) < 4.78 is 1.72. The zero-order valence-corrected chi connectivity index (χ0v) is 20.9. The molecule has 5 rings (SSSR count). The van der Waals surface area contributed by atoms with Gasteiger partial charge in [-0.2, -0.15) is 5.10 Å². The number of para-hydroxylation sites is 1. The first-order valence-corrected chi connectivity index (χ1v) is 12.8. The van der Waals surface area contributed by atoms with Crippen LogP contribution in [-0.2, 0) is 17.8 Å². The number of hydrogen-bond donors (Lipinski definition) is 1. The van der Waals surface area contributed by atoms with Gasteiger partial charge in [-0.25, -0.2) is 0 Å². The molecule has 0 radical (unpaired) electrons. The number of nitrogens with zero attached hydrogens (tertiary/aromatic N) is 3. The molecule has 0 spiro atoms. The largest absolute Gasteiger partial charge is 0.351 e. The van der Waals surface area contributed by atoms with Gasteiger partial charge in [0.2, 0.25) is 5.91 Å². The molecule has 2 aliphatic rings. The van der Waals surface area contributed by atoms with E-state index in [4.69, 9.17) is 5.10 Å². The Bertz CT molecular complexity index is 1240. The van der Waals surface area contributed by atoms with E-state index in [0.29, 0.717) is 12.2 Å². The first-order valence-electron chi connectivity index (χ1n) is 12.8. The van der Waals surface area contributed by atoms with E-state index in [9.17, 15) is 9.59 Å². The minimum Gasteiger partial charge on any atom is -0.351 e. The van der Waals surface area contributed by atoms with Crippen LogP contribution in [0.5, 0.6) is 0 Å². The molecule has 182 valence electrons. The molecule has 1 atom stereocenters. The number of carbonyl (C=O) groups excluding carboxylic acids is 2. The quantitative estimate of drug-likeness (QED) is 0.551. The second-order valence-corrected chi connectivity index (χ2v) is 10.1. The summed E-state index contributed by atoms with van der Waals surface area (Å²) in [7, 11) is 0. The molecule has 2 aromatic carbocycles. The van der Waals surface area contributed by atoms with E-state index in [0.717, 1.165) is 54.6 Å². The van der Waals surface area contributed by atoms with Crippen molar-refractivity contribution in [2.24, 2.45) is 0 Å². The lowest BCUT2D eigenvalue weighted by Crippen LogP contribution is -2.65. The Kier molecular flexibility index (Phi) is 6.22. The molecule has 1 fully saturated rings. The zero-order chi connectivity index (χ0) is 24.6. The average Bonchev–Trinajstić information content (AvgIpc) is 3.30. The van der Waals surface area contributed by atoms with Crippen LogP contribution >= 0.6 is 0 Å². The van der Waals surface area contributed by atoms with Crippen LogP contribution in [0.4, 0.5) is 5.69 Å². The maximum absolute atomic E-state index is 14.0. The van der Waals surface area contributed by atoms with Crippen LogP contribution in [0.25, 0.3) is 11.3 Å². The molecule has 0 bridgehead atoms. The highest BCUT2D eigenvalue weighted by molar-refractivity contribution is 6.12. The SMILES string of the molecule is CCc1ccc(-c2cc3n(n2)C[C@@](C)(C(=O)NC2CCCCC2)N(c2ccccc2C)C3=O)cc1. The molecular formula is C29H34N4O2. The molecule has 2 heterocycles. The topological polar surface area (TPSA) is 67.2 Å². The van der Waals surface area contributed by atoms with Crippen molar-refractivity contribution in [2.45, 2.75) is 77.4 Å². The molecule has 1 saturated carbocycles. The predicted molar refractivity (Wildman–Crippen MR) is 138 cm³/mol. The highest BCUT2D eigenvalue weighted by atomic mass is 16.2. The van der Waals surface area contributed by atoms with Gasteiger partial charge in [-0.1, -0.05) is 68.7 Å². The van der Waals surface area contributed by atoms with Crippen LogP contribution in [0.1, 0.15) is 67.6 Å². The van der Waals surface area contributed by atoms with Crippen LogP contribution in [0.2, 0.25) is 0 Å². The van der Waals surface area contributed by atoms with Crippen LogP contribution in [0, 0.1) is 6.92 Å². The molecule has 1 aliphatic heterocycles. The smallest absolute Gasteiger partial charge is 0.277 e. The fourth-order valence-corrected chi connectivity index (χ4v) is 5.41. The van der Waals surface area contributed by atoms with Crippen molar-refractivity contribution in [3.63, 3.8) is 0 Å². The van der Waals surface area contributed by atoms with Crippen molar-refractivity contribution in [3.05, 3.63) is 71.4 Å². The summed E-state index contributed by atoms with van der Waals surface area (Å²) in [4.78, 5) is 29.5. The number of benzene rings is 2. The molecule has 2 amide bonds. The molecule has 0 unspecified atom stereocenters. The van der Waals surface area contributed by atoms with Crippen molar-refractivity contribution in [3.8, 4) is 11.3 Å². The van der Waals surface area contributed by atoms with Gasteiger partial charge in [0.1, 0.15) is 11.2 Å². The van der Waals surface area contributed by atoms with Gasteiger partial charge in [0, 0.05) is 17.3 Å². The van der Waals surface area contributed by atoms with Gasteiger partial charge in [0.05, 0.1) is 12.2 Å². The van der Waals surface area contributed by atoms with Crippen molar-refractivity contribution in [1.29, 1.82) is 0 Å². The van der Waals surface area contributed by atoms with E-state index in [2.05, 4.69) is 24.4 Å². The molecule has 6 nitrogen and oxygen atoms in total. The Balaban J connectivity index is 1.55. The molecule has 35 heavy (non-hydrogen) atoms. The van der Waals surface area contributed by atoms with E-state index < -0.39 is 5.54 Å². The van der Waals surface area contributed by atoms with Gasteiger partial charge >= 0.3 is 0 Å². The number of rotatable bonds is 5. The minimum atomic E-state index is -1.09. The summed E-state index contributed by atoms with van der Waals surface area (Å²) in [6.07, 6.45) is 6.43. The lowest BCUT2D eigenvalue weighted by molar-refractivity contribution is -0.127. The number of carbonyl (C=O) groups is 2. The zero-order valence-electron chi connectivity index (χ0n) is 20.9. The Morgan fingerprint density at radius 1 is 1.09 bits per heavy atom. The van der Waals surface area contributed by atoms with E-state index in [1.807, 2.05) is 56.3 Å². The van der Waals surface area contributed by atoms with Crippen molar-refractivity contribution in [1.82, 2.24) is 15.1 Å². The van der Waals surface area contributed by atoms with Gasteiger partial charge in [0.25, 0.3) is 5.91 Å². The van der Waals surface area contributed by atoms with E-state index in [1.165, 1.54) is 12.0 Å². The van der Waals surface area contributed by atoms with Crippen LogP contribution < -0.4 is 10.2 Å². The highest BCUT2D eigenvalue weighted by Crippen LogP contribution is 2.36. The Hall–Kier alpha value is -3.41. The van der Waals surface area contributed by atoms with Crippen LogP contribution in [0.15, 0.2) is 54.6 Å². The normalized spacial score (nSPS) is 20.5. The molecule has 1 N–H and O–H groups in total. The number of anilines is 1. The number of hydrogen-bond acceptors (Lipinski definition) is 3. The number of aryl methyl sites for hydroxylation is 2. The lowest BCUT2D eigenvalue weighted by Gasteiger charge is -2.44. The summed E-state index contributed by atoms with van der Waals surface area (Å²) >= 11 is 0. The number of aromatic nitrogens is 2. The minimum absolute atomic E-state index is 0.115. The third-order valence-electron chi connectivity index (χ3n) is 7.60. The number of nitrogens with one attached hydrogen (secondary N) is 1. The molecule has 6 heteroatoms. The van der Waals surface area contributed by atoms with E-state index in [-0.39, 0.29) is 17.9 Å². The fraction of sp³-hybridized carbons (Fsp3) is 0.414. The number of fused-ring (bicyclic) bond motifs is 1. The Labute approximate surface area is 207 Å². The Morgan fingerprint density at radius 2 is 1.80 bits per heavy atom. The first kappa shape index (κ1) is 23.3. The maximum Gasteiger partial charge on any atom is 0.277 e. The predicted octanol–water partition coefficient (Wildman–Crippen LogP) is 5.29. The number of amides is 2. The molecule has 1 aromatic heterocycles. The molecule has 0 saturated heterocycles. The van der Waals surface area contributed by atoms with Gasteiger partial charge in [-0.05, 0) is 56.4 Å². The summed E-state index contributed by atoms with van der Waals surface area (Å²) in [5, 5.41) is 8.07.